The van der Waals surface area contributed by atoms with Gasteiger partial charge < -0.3 is 9.80 Å². The molecule has 0 amide bonds. The van der Waals surface area contributed by atoms with Gasteiger partial charge in [-0.3, -0.25) is 0 Å². The molecule has 2 aliphatic rings. The van der Waals surface area contributed by atoms with E-state index in [9.17, 15) is 8.42 Å². The molecule has 1 aromatic carbocycles. The van der Waals surface area contributed by atoms with Gasteiger partial charge in [0.05, 0.1) is 5.02 Å². The van der Waals surface area contributed by atoms with Gasteiger partial charge in [-0.2, -0.15) is 4.31 Å². The van der Waals surface area contributed by atoms with E-state index in [-0.39, 0.29) is 9.92 Å². The molecule has 0 N–H and O–H groups in total. The molecule has 0 unspecified atom stereocenters. The lowest BCUT2D eigenvalue weighted by Crippen LogP contribution is -2.49. The Labute approximate surface area is 177 Å². The molecular weight excluding hydrogens is 410 g/mol. The Morgan fingerprint density at radius 2 is 1.28 bits per heavy atom. The average Bonchev–Trinajstić information content (AvgIpc) is 3.04. The quantitative estimate of drug-likeness (QED) is 0.735. The van der Waals surface area contributed by atoms with Crippen LogP contribution in [0.2, 0.25) is 5.02 Å². The van der Waals surface area contributed by atoms with Crippen LogP contribution in [0.3, 0.4) is 0 Å². The maximum atomic E-state index is 12.9. The number of aromatic nitrogens is 2. The minimum Gasteiger partial charge on any atom is -0.355 e. The van der Waals surface area contributed by atoms with Crippen molar-refractivity contribution in [2.45, 2.75) is 30.6 Å². The van der Waals surface area contributed by atoms with Gasteiger partial charge in [0.2, 0.25) is 10.0 Å². The highest BCUT2D eigenvalue weighted by Crippen LogP contribution is 2.26. The van der Waals surface area contributed by atoms with Gasteiger partial charge in [-0.05, 0) is 37.1 Å². The van der Waals surface area contributed by atoms with Gasteiger partial charge in [0, 0.05) is 39.3 Å². The van der Waals surface area contributed by atoms with E-state index >= 15 is 0 Å². The Morgan fingerprint density at radius 3 is 1.83 bits per heavy atom. The van der Waals surface area contributed by atoms with E-state index in [0.717, 1.165) is 24.7 Å². The molecule has 2 fully saturated rings. The highest BCUT2D eigenvalue weighted by Gasteiger charge is 2.30. The van der Waals surface area contributed by atoms with E-state index < -0.39 is 10.0 Å². The molecule has 9 heteroatoms. The van der Waals surface area contributed by atoms with E-state index in [1.54, 1.807) is 24.3 Å². The van der Waals surface area contributed by atoms with Crippen LogP contribution in [0.25, 0.3) is 0 Å². The zero-order chi connectivity index (χ0) is 20.3. The lowest BCUT2D eigenvalue weighted by atomic mass is 10.2. The Bertz CT molecular complexity index is 922. The molecule has 0 spiro atoms. The van der Waals surface area contributed by atoms with Gasteiger partial charge in [0.15, 0.2) is 11.6 Å². The lowest BCUT2D eigenvalue weighted by Gasteiger charge is -2.34. The molecule has 2 saturated heterocycles. The molecule has 0 bridgehead atoms. The van der Waals surface area contributed by atoms with Crippen LogP contribution in [0, 0.1) is 0 Å². The van der Waals surface area contributed by atoms with E-state index in [1.807, 2.05) is 12.1 Å². The maximum absolute atomic E-state index is 12.9. The molecule has 29 heavy (non-hydrogen) atoms. The normalized spacial score (nSPS) is 19.2. The fraction of sp³-hybridized carbons (Fsp3) is 0.500. The monoisotopic (exact) mass is 435 g/mol. The Morgan fingerprint density at radius 1 is 0.724 bits per heavy atom. The van der Waals surface area contributed by atoms with Crippen molar-refractivity contribution >= 4 is 33.3 Å². The van der Waals surface area contributed by atoms with Crippen molar-refractivity contribution in [2.24, 2.45) is 0 Å². The van der Waals surface area contributed by atoms with E-state index in [0.29, 0.717) is 26.2 Å². The van der Waals surface area contributed by atoms with Gasteiger partial charge in [0.25, 0.3) is 0 Å². The van der Waals surface area contributed by atoms with Crippen LogP contribution in [-0.2, 0) is 10.0 Å². The summed E-state index contributed by atoms with van der Waals surface area (Å²) < 4.78 is 27.3. The van der Waals surface area contributed by atoms with Crippen LogP contribution in [-0.4, -0.2) is 62.2 Å². The molecule has 4 rings (SSSR count). The summed E-state index contributed by atoms with van der Waals surface area (Å²) >= 11 is 6.10. The number of anilines is 2. The van der Waals surface area contributed by atoms with Crippen molar-refractivity contribution in [1.82, 2.24) is 14.5 Å². The van der Waals surface area contributed by atoms with Crippen LogP contribution < -0.4 is 9.80 Å². The predicted octanol–water partition coefficient (Wildman–Crippen LogP) is 3.02. The third-order valence-corrected chi connectivity index (χ3v) is 7.98. The van der Waals surface area contributed by atoms with Crippen molar-refractivity contribution < 1.29 is 8.42 Å². The zero-order valence-corrected chi connectivity index (χ0v) is 17.9. The van der Waals surface area contributed by atoms with Gasteiger partial charge in [0.1, 0.15) is 4.90 Å². The van der Waals surface area contributed by atoms with Crippen LogP contribution in [0.1, 0.15) is 25.7 Å². The largest absolute Gasteiger partial charge is 0.355 e. The number of nitrogens with zero attached hydrogens (tertiary/aromatic N) is 5. The lowest BCUT2D eigenvalue weighted by molar-refractivity contribution is 0.383. The van der Waals surface area contributed by atoms with Crippen molar-refractivity contribution in [3.05, 3.63) is 41.4 Å². The highest BCUT2D eigenvalue weighted by atomic mass is 35.5. The number of halogens is 1. The summed E-state index contributed by atoms with van der Waals surface area (Å²) in [6, 6.07) is 10.6. The molecule has 7 nitrogen and oxygen atoms in total. The average molecular weight is 436 g/mol. The number of rotatable bonds is 4. The third-order valence-electron chi connectivity index (χ3n) is 5.58. The number of hydrogen-bond acceptors (Lipinski definition) is 6. The molecule has 3 heterocycles. The van der Waals surface area contributed by atoms with Crippen LogP contribution in [0.15, 0.2) is 41.3 Å². The Hall–Kier alpha value is -1.90. The smallest absolute Gasteiger partial charge is 0.244 e. The predicted molar refractivity (Wildman–Crippen MR) is 115 cm³/mol. The van der Waals surface area contributed by atoms with Gasteiger partial charge in [-0.25, -0.2) is 8.42 Å². The minimum absolute atomic E-state index is 0.164. The second kappa shape index (κ2) is 8.85. The summed E-state index contributed by atoms with van der Waals surface area (Å²) in [6.45, 7) is 3.99. The zero-order valence-electron chi connectivity index (χ0n) is 16.4. The molecule has 0 aliphatic carbocycles. The van der Waals surface area contributed by atoms with Crippen LogP contribution in [0.4, 0.5) is 11.6 Å². The summed E-state index contributed by atoms with van der Waals surface area (Å²) in [5.41, 5.74) is 0. The maximum Gasteiger partial charge on any atom is 0.244 e. The van der Waals surface area contributed by atoms with Crippen molar-refractivity contribution in [3.8, 4) is 0 Å². The first-order valence-corrected chi connectivity index (χ1v) is 12.0. The fourth-order valence-electron chi connectivity index (χ4n) is 3.91. The molecule has 0 atom stereocenters. The minimum atomic E-state index is -3.59. The first kappa shape index (κ1) is 20.4. The topological polar surface area (TPSA) is 69.6 Å². The number of piperazine rings is 1. The molecule has 2 aliphatic heterocycles. The summed E-state index contributed by atoms with van der Waals surface area (Å²) in [5, 5.41) is 9.10. The second-order valence-corrected chi connectivity index (χ2v) is 9.79. The molecule has 1 aromatic heterocycles. The summed E-state index contributed by atoms with van der Waals surface area (Å²) in [6.07, 6.45) is 4.96. The SMILES string of the molecule is O=S(=O)(c1ccccc1Cl)N1CCN(c2ccc(N3CCCCCC3)nn2)CC1. The Kier molecular flexibility index (Phi) is 6.22. The van der Waals surface area contributed by atoms with E-state index in [4.69, 9.17) is 11.6 Å². The summed E-state index contributed by atoms with van der Waals surface area (Å²) in [7, 11) is -3.59. The fourth-order valence-corrected chi connectivity index (χ4v) is 5.82. The van der Waals surface area contributed by atoms with Crippen molar-refractivity contribution in [3.63, 3.8) is 0 Å². The van der Waals surface area contributed by atoms with Crippen LogP contribution >= 0.6 is 11.6 Å². The van der Waals surface area contributed by atoms with Crippen LogP contribution in [0.5, 0.6) is 0 Å². The van der Waals surface area contributed by atoms with Gasteiger partial charge >= 0.3 is 0 Å². The van der Waals surface area contributed by atoms with Crippen molar-refractivity contribution in [1.29, 1.82) is 0 Å². The summed E-state index contributed by atoms with van der Waals surface area (Å²) in [4.78, 5) is 4.55. The number of sulfonamides is 1. The second-order valence-electron chi connectivity index (χ2n) is 7.47. The van der Waals surface area contributed by atoms with Gasteiger partial charge in [-0.15, -0.1) is 10.2 Å². The third kappa shape index (κ3) is 4.49. The molecule has 0 radical (unpaired) electrons. The molecule has 156 valence electrons. The number of benzene rings is 1. The first-order chi connectivity index (χ1) is 14.1. The standard InChI is InChI=1S/C20H26ClN5O2S/c21-17-7-3-4-8-18(17)29(27,28)26-15-13-25(14-16-26)20-10-9-19(22-23-20)24-11-5-1-2-6-12-24/h3-4,7-10H,1-2,5-6,11-16H2. The van der Waals surface area contributed by atoms with E-state index in [2.05, 4.69) is 20.0 Å². The Balaban J connectivity index is 1.40. The van der Waals surface area contributed by atoms with E-state index in [1.165, 1.54) is 30.0 Å². The molecule has 2 aromatic rings. The first-order valence-electron chi connectivity index (χ1n) is 10.1. The summed E-state index contributed by atoms with van der Waals surface area (Å²) in [5.74, 6) is 1.72. The van der Waals surface area contributed by atoms with Gasteiger partial charge in [-0.1, -0.05) is 36.6 Å². The molecular formula is C20H26ClN5O2S. The van der Waals surface area contributed by atoms with Crippen molar-refractivity contribution in [2.75, 3.05) is 49.1 Å². The molecule has 0 saturated carbocycles. The number of hydrogen-bond donors (Lipinski definition) is 0. The highest BCUT2D eigenvalue weighted by molar-refractivity contribution is 7.89.